The van der Waals surface area contributed by atoms with Crippen LogP contribution in [0.4, 0.5) is 9.52 Å². The first-order valence-electron chi connectivity index (χ1n) is 11.3. The Kier molecular flexibility index (Phi) is 8.12. The standard InChI is InChI=1S/C22H28FN5O5S2/c1-15(2)27-8-10-28(11-9-27)35(30,31)18-5-3-16(4-6-18)20(26-33-17-7-12-32-14-17)21(29)25-22-24-13-19(23)34-22/h3-6,13,15,17H,7-12,14H2,1-2H3,(H,24,25,29)/b26-20+/t17-/m1/s1. The molecule has 0 radical (unpaired) electrons. The number of anilines is 1. The predicted molar refractivity (Wildman–Crippen MR) is 129 cm³/mol. The van der Waals surface area contributed by atoms with E-state index in [1.807, 2.05) is 0 Å². The first-order chi connectivity index (χ1) is 16.7. The third-order valence-corrected chi connectivity index (χ3v) is 8.48. The van der Waals surface area contributed by atoms with E-state index in [1.165, 1.54) is 28.6 Å². The summed E-state index contributed by atoms with van der Waals surface area (Å²) in [7, 11) is -3.68. The Morgan fingerprint density at radius 3 is 2.54 bits per heavy atom. The van der Waals surface area contributed by atoms with Crippen LogP contribution < -0.4 is 5.32 Å². The molecule has 2 aliphatic rings. The summed E-state index contributed by atoms with van der Waals surface area (Å²) in [6, 6.07) is 6.27. The number of benzene rings is 1. The molecule has 1 atom stereocenters. The number of ether oxygens (including phenoxy) is 1. The van der Waals surface area contributed by atoms with E-state index in [-0.39, 0.29) is 21.8 Å². The normalized spacial score (nSPS) is 20.3. The van der Waals surface area contributed by atoms with E-state index in [4.69, 9.17) is 9.57 Å². The minimum atomic E-state index is -3.68. The molecule has 0 aliphatic carbocycles. The van der Waals surface area contributed by atoms with Crippen molar-refractivity contribution in [1.82, 2.24) is 14.2 Å². The van der Waals surface area contributed by atoms with Crippen molar-refractivity contribution in [2.45, 2.75) is 37.3 Å². The number of halogens is 1. The third kappa shape index (κ3) is 6.22. The van der Waals surface area contributed by atoms with Gasteiger partial charge in [-0.25, -0.2) is 13.4 Å². The second kappa shape index (κ2) is 11.1. The summed E-state index contributed by atoms with van der Waals surface area (Å²) in [4.78, 5) is 24.5. The van der Waals surface area contributed by atoms with Crippen molar-refractivity contribution in [3.05, 3.63) is 41.2 Å². The van der Waals surface area contributed by atoms with Crippen LogP contribution >= 0.6 is 11.3 Å². The molecule has 1 amide bonds. The fraction of sp³-hybridized carbons (Fsp3) is 0.500. The number of aromatic nitrogens is 1. The molecule has 1 aromatic carbocycles. The van der Waals surface area contributed by atoms with Gasteiger partial charge < -0.3 is 9.57 Å². The van der Waals surface area contributed by atoms with Crippen LogP contribution in [0.5, 0.6) is 0 Å². The lowest BCUT2D eigenvalue weighted by Crippen LogP contribution is -2.50. The summed E-state index contributed by atoms with van der Waals surface area (Å²) in [5.74, 6) is -0.654. The molecule has 2 aromatic rings. The Morgan fingerprint density at radius 1 is 1.26 bits per heavy atom. The fourth-order valence-electron chi connectivity index (χ4n) is 3.81. The molecule has 1 aromatic heterocycles. The molecular formula is C22H28FN5O5S2. The van der Waals surface area contributed by atoms with Crippen LogP contribution in [-0.4, -0.2) is 85.8 Å². The minimum Gasteiger partial charge on any atom is -0.389 e. The average Bonchev–Trinajstić information content (AvgIpc) is 3.51. The Hall–Kier alpha value is -2.45. The summed E-state index contributed by atoms with van der Waals surface area (Å²) in [6.45, 7) is 7.25. The van der Waals surface area contributed by atoms with Gasteiger partial charge in [0.1, 0.15) is 0 Å². The number of nitrogens with zero attached hydrogens (tertiary/aromatic N) is 4. The van der Waals surface area contributed by atoms with Crippen LogP contribution in [0.15, 0.2) is 40.5 Å². The lowest BCUT2D eigenvalue weighted by atomic mass is 10.1. The van der Waals surface area contributed by atoms with E-state index in [9.17, 15) is 17.6 Å². The Bertz CT molecular complexity index is 1160. The lowest BCUT2D eigenvalue weighted by Gasteiger charge is -2.36. The van der Waals surface area contributed by atoms with E-state index in [0.717, 1.165) is 6.20 Å². The van der Waals surface area contributed by atoms with Gasteiger partial charge in [0.25, 0.3) is 5.91 Å². The molecule has 0 spiro atoms. The number of carbonyl (C=O) groups is 1. The molecule has 10 nitrogen and oxygen atoms in total. The number of oxime groups is 1. The molecule has 2 fully saturated rings. The predicted octanol–water partition coefficient (Wildman–Crippen LogP) is 2.15. The first kappa shape index (κ1) is 25.6. The highest BCUT2D eigenvalue weighted by atomic mass is 32.2. The minimum absolute atomic E-state index is 0.0733. The molecule has 1 N–H and O–H groups in total. The van der Waals surface area contributed by atoms with Gasteiger partial charge in [-0.15, -0.1) is 0 Å². The molecule has 0 bridgehead atoms. The van der Waals surface area contributed by atoms with Gasteiger partial charge in [0.15, 0.2) is 22.1 Å². The van der Waals surface area contributed by atoms with Crippen LogP contribution in [0.25, 0.3) is 0 Å². The van der Waals surface area contributed by atoms with E-state index in [1.54, 1.807) is 0 Å². The summed E-state index contributed by atoms with van der Waals surface area (Å²) in [5, 5.41) is 6.06. The van der Waals surface area contributed by atoms with Crippen molar-refractivity contribution in [2.24, 2.45) is 5.16 Å². The van der Waals surface area contributed by atoms with Crippen molar-refractivity contribution >= 4 is 38.1 Å². The maximum Gasteiger partial charge on any atom is 0.280 e. The third-order valence-electron chi connectivity index (χ3n) is 5.86. The number of amides is 1. The fourth-order valence-corrected chi connectivity index (χ4v) is 5.77. The number of rotatable bonds is 8. The van der Waals surface area contributed by atoms with Crippen LogP contribution in [0, 0.1) is 5.13 Å². The first-order valence-corrected chi connectivity index (χ1v) is 13.6. The molecule has 35 heavy (non-hydrogen) atoms. The average molecular weight is 526 g/mol. The van der Waals surface area contributed by atoms with Gasteiger partial charge in [0, 0.05) is 44.2 Å². The van der Waals surface area contributed by atoms with Gasteiger partial charge in [-0.1, -0.05) is 28.6 Å². The number of piperazine rings is 1. The Balaban J connectivity index is 1.52. The van der Waals surface area contributed by atoms with Crippen LogP contribution in [0.1, 0.15) is 25.8 Å². The van der Waals surface area contributed by atoms with Gasteiger partial charge >= 0.3 is 0 Å². The van der Waals surface area contributed by atoms with Crippen LogP contribution in [0.3, 0.4) is 0 Å². The molecular weight excluding hydrogens is 497 g/mol. The van der Waals surface area contributed by atoms with Crippen molar-refractivity contribution in [3.63, 3.8) is 0 Å². The smallest absolute Gasteiger partial charge is 0.280 e. The van der Waals surface area contributed by atoms with Gasteiger partial charge in [-0.05, 0) is 26.0 Å². The molecule has 190 valence electrons. The SMILES string of the molecule is CC(C)N1CCN(S(=O)(=O)c2ccc(/C(=N\O[C@@H]3CCOC3)C(=O)Nc3ncc(F)s3)cc2)CC1. The van der Waals surface area contributed by atoms with Crippen molar-refractivity contribution in [3.8, 4) is 0 Å². The topological polar surface area (TPSA) is 113 Å². The van der Waals surface area contributed by atoms with E-state index >= 15 is 0 Å². The molecule has 2 aliphatic heterocycles. The molecule has 3 heterocycles. The van der Waals surface area contributed by atoms with Gasteiger partial charge in [0.05, 0.1) is 24.3 Å². The van der Waals surface area contributed by atoms with Crippen molar-refractivity contribution in [1.29, 1.82) is 0 Å². The summed E-state index contributed by atoms with van der Waals surface area (Å²) in [6.07, 6.45) is 1.35. The van der Waals surface area contributed by atoms with E-state index in [2.05, 4.69) is 34.2 Å². The van der Waals surface area contributed by atoms with Gasteiger partial charge in [-0.2, -0.15) is 8.70 Å². The quantitative estimate of drug-likeness (QED) is 0.415. The Morgan fingerprint density at radius 2 is 1.97 bits per heavy atom. The molecule has 0 unspecified atom stereocenters. The maximum atomic E-state index is 13.3. The van der Waals surface area contributed by atoms with Gasteiger partial charge in [0.2, 0.25) is 10.0 Å². The number of carbonyl (C=O) groups excluding carboxylic acids is 1. The zero-order chi connectivity index (χ0) is 25.0. The zero-order valence-electron chi connectivity index (χ0n) is 19.5. The number of hydrogen-bond donors (Lipinski definition) is 1. The highest BCUT2D eigenvalue weighted by Crippen LogP contribution is 2.21. The highest BCUT2D eigenvalue weighted by molar-refractivity contribution is 7.89. The second-order valence-corrected chi connectivity index (χ2v) is 11.4. The lowest BCUT2D eigenvalue weighted by molar-refractivity contribution is -0.110. The number of thiazole rings is 1. The highest BCUT2D eigenvalue weighted by Gasteiger charge is 2.29. The van der Waals surface area contributed by atoms with Crippen molar-refractivity contribution < 1.29 is 27.2 Å². The van der Waals surface area contributed by atoms with Crippen molar-refractivity contribution in [2.75, 3.05) is 44.7 Å². The number of hydrogen-bond acceptors (Lipinski definition) is 9. The summed E-state index contributed by atoms with van der Waals surface area (Å²) in [5.41, 5.74) is 0.268. The Labute approximate surface area is 207 Å². The molecule has 13 heteroatoms. The molecule has 0 saturated carbocycles. The molecule has 4 rings (SSSR count). The largest absolute Gasteiger partial charge is 0.389 e. The second-order valence-electron chi connectivity index (χ2n) is 8.51. The van der Waals surface area contributed by atoms with E-state index < -0.39 is 21.1 Å². The van der Waals surface area contributed by atoms with Crippen LogP contribution in [-0.2, 0) is 24.4 Å². The number of nitrogens with one attached hydrogen (secondary N) is 1. The monoisotopic (exact) mass is 525 g/mol. The maximum absolute atomic E-state index is 13.3. The van der Waals surface area contributed by atoms with E-state index in [0.29, 0.717) is 68.8 Å². The summed E-state index contributed by atoms with van der Waals surface area (Å²) < 4.78 is 46.3. The van der Waals surface area contributed by atoms with Gasteiger partial charge in [-0.3, -0.25) is 15.0 Å². The number of sulfonamides is 1. The van der Waals surface area contributed by atoms with Crippen LogP contribution in [0.2, 0.25) is 0 Å². The zero-order valence-corrected chi connectivity index (χ0v) is 21.1. The summed E-state index contributed by atoms with van der Waals surface area (Å²) >= 11 is 0.682. The molecule has 2 saturated heterocycles.